The molecule has 0 amide bonds. The van der Waals surface area contributed by atoms with Gasteiger partial charge >= 0.3 is 8.80 Å². The fraction of sp³-hybridized carbons (Fsp3) is 0.941. The van der Waals surface area contributed by atoms with Crippen LogP contribution in [0.1, 0.15) is 59.3 Å². The van der Waals surface area contributed by atoms with Gasteiger partial charge in [0.15, 0.2) is 0 Å². The summed E-state index contributed by atoms with van der Waals surface area (Å²) in [7, 11) is -2.46. The van der Waals surface area contributed by atoms with Gasteiger partial charge in [0.1, 0.15) is 0 Å². The van der Waals surface area contributed by atoms with E-state index in [1.807, 2.05) is 20.8 Å². The number of aliphatic imine (C=N–C) groups is 1. The molecule has 0 unspecified atom stereocenters. The van der Waals surface area contributed by atoms with Gasteiger partial charge in [0.2, 0.25) is 0 Å². The van der Waals surface area contributed by atoms with E-state index >= 15 is 0 Å². The summed E-state index contributed by atoms with van der Waals surface area (Å²) in [6, 6.07) is 0.879. The van der Waals surface area contributed by atoms with Crippen LogP contribution in [0.5, 0.6) is 0 Å². The molecule has 0 bridgehead atoms. The lowest BCUT2D eigenvalue weighted by molar-refractivity contribution is 0.0708. The van der Waals surface area contributed by atoms with E-state index in [1.165, 1.54) is 37.8 Å². The molecule has 0 heterocycles. The zero-order chi connectivity index (χ0) is 16.8. The average molecular weight is 345 g/mol. The fourth-order valence-electron chi connectivity index (χ4n) is 2.97. The molecule has 136 valence electrons. The molecule has 5 nitrogen and oxygen atoms in total. The lowest BCUT2D eigenvalue weighted by atomic mass is 9.99. The predicted molar refractivity (Wildman–Crippen MR) is 98.3 cm³/mol. The minimum atomic E-state index is -2.46. The largest absolute Gasteiger partial charge is 0.500 e. The maximum atomic E-state index is 5.86. The molecule has 0 radical (unpaired) electrons. The first-order valence-corrected chi connectivity index (χ1v) is 11.3. The summed E-state index contributed by atoms with van der Waals surface area (Å²) in [6.45, 7) is 10.8. The van der Waals surface area contributed by atoms with Crippen LogP contribution in [0.15, 0.2) is 4.99 Å². The average Bonchev–Trinajstić information content (AvgIpc) is 2.56. The highest BCUT2D eigenvalue weighted by molar-refractivity contribution is 6.60. The van der Waals surface area contributed by atoms with Crippen molar-refractivity contribution in [3.05, 3.63) is 0 Å². The van der Waals surface area contributed by atoms with Crippen molar-refractivity contribution in [3.63, 3.8) is 0 Å². The molecule has 1 aliphatic carbocycles. The number of hydrogen-bond acceptors (Lipinski definition) is 5. The highest BCUT2D eigenvalue weighted by Gasteiger charge is 2.39. The van der Waals surface area contributed by atoms with Crippen LogP contribution in [0.25, 0.3) is 0 Å². The van der Waals surface area contributed by atoms with Crippen molar-refractivity contribution in [1.82, 2.24) is 5.32 Å². The first-order chi connectivity index (χ1) is 11.3. The second kappa shape index (κ2) is 13.1. The third-order valence-corrected chi connectivity index (χ3v) is 7.14. The van der Waals surface area contributed by atoms with E-state index in [2.05, 4.69) is 5.32 Å². The van der Waals surface area contributed by atoms with Crippen LogP contribution in [0.2, 0.25) is 6.04 Å². The van der Waals surface area contributed by atoms with Gasteiger partial charge in [0.25, 0.3) is 0 Å². The summed E-state index contributed by atoms with van der Waals surface area (Å²) in [4.78, 5) is 4.71. The first kappa shape index (κ1) is 20.8. The minimum Gasteiger partial charge on any atom is -0.374 e. The van der Waals surface area contributed by atoms with Gasteiger partial charge in [0, 0.05) is 38.1 Å². The third-order valence-electron chi connectivity index (χ3n) is 3.98. The van der Waals surface area contributed by atoms with Crippen LogP contribution in [0, 0.1) is 0 Å². The number of nitrogens with zero attached hydrogens (tertiary/aromatic N) is 1. The molecule has 0 atom stereocenters. The van der Waals surface area contributed by atoms with E-state index < -0.39 is 8.80 Å². The van der Waals surface area contributed by atoms with E-state index in [0.29, 0.717) is 19.8 Å². The molecule has 0 aromatic carbocycles. The van der Waals surface area contributed by atoms with E-state index in [9.17, 15) is 0 Å². The van der Waals surface area contributed by atoms with Crippen molar-refractivity contribution in [2.45, 2.75) is 65.3 Å². The zero-order valence-corrected chi connectivity index (χ0v) is 16.4. The second-order valence-electron chi connectivity index (χ2n) is 5.84. The molecule has 1 saturated carbocycles. The van der Waals surface area contributed by atoms with Crippen molar-refractivity contribution in [3.8, 4) is 0 Å². The lowest BCUT2D eigenvalue weighted by Crippen LogP contribution is -2.46. The van der Waals surface area contributed by atoms with Gasteiger partial charge in [-0.15, -0.1) is 0 Å². The van der Waals surface area contributed by atoms with Crippen molar-refractivity contribution in [2.24, 2.45) is 4.99 Å². The van der Waals surface area contributed by atoms with E-state index in [1.54, 1.807) is 0 Å². The Bertz CT molecular complexity index is 302. The van der Waals surface area contributed by atoms with Gasteiger partial charge < -0.3 is 18.6 Å². The van der Waals surface area contributed by atoms with Gasteiger partial charge in [0.05, 0.1) is 6.54 Å². The SMILES string of the molecule is CCO[Si](CCCNCCN=C1CCCCC1)(OCC)OCC. The van der Waals surface area contributed by atoms with E-state index in [0.717, 1.165) is 32.1 Å². The summed E-state index contributed by atoms with van der Waals surface area (Å²) < 4.78 is 17.6. The third kappa shape index (κ3) is 8.96. The molecule has 1 rings (SSSR count). The Morgan fingerprint density at radius 2 is 1.52 bits per heavy atom. The molecule has 1 fully saturated rings. The molecule has 1 N–H and O–H groups in total. The Hall–Kier alpha value is -0.273. The van der Waals surface area contributed by atoms with Crippen LogP contribution in [-0.4, -0.2) is 54.0 Å². The van der Waals surface area contributed by atoms with Crippen molar-refractivity contribution < 1.29 is 13.3 Å². The fourth-order valence-corrected chi connectivity index (χ4v) is 5.58. The minimum absolute atomic E-state index is 0.650. The van der Waals surface area contributed by atoms with Crippen LogP contribution in [-0.2, 0) is 13.3 Å². The van der Waals surface area contributed by atoms with Crippen LogP contribution in [0.4, 0.5) is 0 Å². The lowest BCUT2D eigenvalue weighted by Gasteiger charge is -2.28. The molecule has 0 saturated heterocycles. The number of nitrogens with one attached hydrogen (secondary N) is 1. The van der Waals surface area contributed by atoms with Gasteiger partial charge in [-0.05, 0) is 59.4 Å². The van der Waals surface area contributed by atoms with Gasteiger partial charge in [-0.2, -0.15) is 0 Å². The second-order valence-corrected chi connectivity index (χ2v) is 8.58. The molecular formula is C17H36N2O3Si. The highest BCUT2D eigenvalue weighted by Crippen LogP contribution is 2.18. The smallest absolute Gasteiger partial charge is 0.374 e. The molecule has 0 aromatic heterocycles. The zero-order valence-electron chi connectivity index (χ0n) is 15.4. The summed E-state index contributed by atoms with van der Waals surface area (Å²) in [5, 5.41) is 3.47. The highest BCUT2D eigenvalue weighted by atomic mass is 28.4. The summed E-state index contributed by atoms with van der Waals surface area (Å²) in [6.07, 6.45) is 7.47. The molecule has 1 aliphatic rings. The molecule has 0 aliphatic heterocycles. The molecule has 0 spiro atoms. The number of hydrogen-bond donors (Lipinski definition) is 1. The van der Waals surface area contributed by atoms with Gasteiger partial charge in [-0.25, -0.2) is 0 Å². The number of rotatable bonds is 13. The van der Waals surface area contributed by atoms with Gasteiger partial charge in [-0.1, -0.05) is 6.42 Å². The topological polar surface area (TPSA) is 52.1 Å². The van der Waals surface area contributed by atoms with Crippen LogP contribution in [0.3, 0.4) is 0 Å². The molecule has 23 heavy (non-hydrogen) atoms. The van der Waals surface area contributed by atoms with E-state index in [-0.39, 0.29) is 0 Å². The van der Waals surface area contributed by atoms with E-state index in [4.69, 9.17) is 18.3 Å². The summed E-state index contributed by atoms with van der Waals surface area (Å²) in [5.74, 6) is 0. The van der Waals surface area contributed by atoms with Crippen molar-refractivity contribution >= 4 is 14.5 Å². The molecular weight excluding hydrogens is 308 g/mol. The maximum absolute atomic E-state index is 5.86. The quantitative estimate of drug-likeness (QED) is 0.411. The normalized spacial score (nSPS) is 15.9. The Balaban J connectivity index is 2.17. The Kier molecular flexibility index (Phi) is 11.8. The van der Waals surface area contributed by atoms with Crippen LogP contribution >= 0.6 is 0 Å². The standard InChI is InChI=1S/C17H36N2O3Si/c1-4-20-23(21-5-2,22-6-3)16-10-13-18-14-15-19-17-11-8-7-9-12-17/h18H,4-16H2,1-3H3. The van der Waals surface area contributed by atoms with Crippen molar-refractivity contribution in [2.75, 3.05) is 39.5 Å². The maximum Gasteiger partial charge on any atom is 0.500 e. The summed E-state index contributed by atoms with van der Waals surface area (Å²) in [5.41, 5.74) is 1.42. The molecule has 6 heteroatoms. The van der Waals surface area contributed by atoms with Crippen molar-refractivity contribution in [1.29, 1.82) is 0 Å². The molecule has 0 aromatic rings. The monoisotopic (exact) mass is 344 g/mol. The van der Waals surface area contributed by atoms with Crippen LogP contribution < -0.4 is 5.32 Å². The Morgan fingerprint density at radius 1 is 0.913 bits per heavy atom. The Morgan fingerprint density at radius 3 is 2.09 bits per heavy atom. The predicted octanol–water partition coefficient (Wildman–Crippen LogP) is 3.42. The first-order valence-electron chi connectivity index (χ1n) is 9.41. The van der Waals surface area contributed by atoms with Gasteiger partial charge in [-0.3, -0.25) is 4.99 Å². The Labute approximate surface area is 143 Å². The summed E-state index contributed by atoms with van der Waals surface area (Å²) >= 11 is 0.